The molecular weight excluding hydrogens is 281 g/mol. The van der Waals surface area contributed by atoms with Gasteiger partial charge in [-0.3, -0.25) is 0 Å². The van der Waals surface area contributed by atoms with E-state index in [1.165, 1.54) is 12.7 Å². The number of imidazole rings is 1. The van der Waals surface area contributed by atoms with Crippen molar-refractivity contribution in [1.82, 2.24) is 19.9 Å². The quantitative estimate of drug-likeness (QED) is 0.778. The zero-order valence-corrected chi connectivity index (χ0v) is 11.4. The van der Waals surface area contributed by atoms with Crippen LogP contribution in [0.15, 0.2) is 24.8 Å². The molecule has 0 atom stereocenters. The third-order valence-corrected chi connectivity index (χ3v) is 3.39. The van der Waals surface area contributed by atoms with Gasteiger partial charge in [-0.1, -0.05) is 17.7 Å². The summed E-state index contributed by atoms with van der Waals surface area (Å²) < 4.78 is 14.0. The number of aromatic nitrogens is 4. The lowest BCUT2D eigenvalue weighted by molar-refractivity contribution is 0.604. The highest BCUT2D eigenvalue weighted by Gasteiger charge is 2.11. The van der Waals surface area contributed by atoms with Crippen LogP contribution in [-0.2, 0) is 6.54 Å². The van der Waals surface area contributed by atoms with Gasteiger partial charge in [0.1, 0.15) is 17.7 Å². The molecule has 0 amide bonds. The molecular formula is C13H11ClFN5. The Morgan fingerprint density at radius 3 is 3.00 bits per heavy atom. The second kappa shape index (κ2) is 5.05. The van der Waals surface area contributed by atoms with E-state index in [9.17, 15) is 4.39 Å². The fourth-order valence-corrected chi connectivity index (χ4v) is 2.16. The number of aromatic amines is 1. The third kappa shape index (κ3) is 2.18. The van der Waals surface area contributed by atoms with Gasteiger partial charge in [0, 0.05) is 17.1 Å². The molecule has 0 bridgehead atoms. The van der Waals surface area contributed by atoms with E-state index in [1.807, 2.05) is 0 Å². The van der Waals surface area contributed by atoms with E-state index < -0.39 is 0 Å². The van der Waals surface area contributed by atoms with Crippen molar-refractivity contribution in [3.05, 3.63) is 46.8 Å². The number of benzene rings is 1. The van der Waals surface area contributed by atoms with Crippen LogP contribution in [0, 0.1) is 12.7 Å². The molecule has 2 heterocycles. The fraction of sp³-hybridized carbons (Fsp3) is 0.154. The van der Waals surface area contributed by atoms with Crippen LogP contribution in [0.25, 0.3) is 11.2 Å². The van der Waals surface area contributed by atoms with E-state index in [0.717, 1.165) is 0 Å². The number of anilines is 1. The number of nitrogens with one attached hydrogen (secondary N) is 2. The predicted molar refractivity (Wildman–Crippen MR) is 75.2 cm³/mol. The summed E-state index contributed by atoms with van der Waals surface area (Å²) in [4.78, 5) is 15.1. The molecule has 2 aromatic heterocycles. The Morgan fingerprint density at radius 1 is 1.30 bits per heavy atom. The van der Waals surface area contributed by atoms with Crippen LogP contribution in [-0.4, -0.2) is 19.9 Å². The molecule has 0 aliphatic rings. The first-order chi connectivity index (χ1) is 9.66. The van der Waals surface area contributed by atoms with Crippen molar-refractivity contribution in [2.45, 2.75) is 13.5 Å². The molecule has 0 saturated heterocycles. The molecule has 0 fully saturated rings. The SMILES string of the molecule is Cc1ccc(Cl)c(CNc2ncnc3nc[nH]c23)c1F. The average molecular weight is 292 g/mol. The minimum atomic E-state index is -0.306. The number of H-pyrrole nitrogens is 1. The number of hydrogen-bond donors (Lipinski definition) is 2. The van der Waals surface area contributed by atoms with E-state index in [1.54, 1.807) is 19.1 Å². The van der Waals surface area contributed by atoms with Gasteiger partial charge in [-0.25, -0.2) is 19.3 Å². The van der Waals surface area contributed by atoms with Crippen LogP contribution >= 0.6 is 11.6 Å². The van der Waals surface area contributed by atoms with Gasteiger partial charge in [0.05, 0.1) is 6.33 Å². The topological polar surface area (TPSA) is 66.5 Å². The van der Waals surface area contributed by atoms with E-state index in [4.69, 9.17) is 11.6 Å². The van der Waals surface area contributed by atoms with Crippen molar-refractivity contribution in [3.63, 3.8) is 0 Å². The van der Waals surface area contributed by atoms with Crippen molar-refractivity contribution >= 4 is 28.6 Å². The Morgan fingerprint density at radius 2 is 2.15 bits per heavy atom. The van der Waals surface area contributed by atoms with Crippen LogP contribution in [0.1, 0.15) is 11.1 Å². The first-order valence-electron chi connectivity index (χ1n) is 5.98. The molecule has 3 rings (SSSR count). The first-order valence-corrected chi connectivity index (χ1v) is 6.36. The minimum Gasteiger partial charge on any atom is -0.364 e. The Balaban J connectivity index is 1.90. The maximum Gasteiger partial charge on any atom is 0.182 e. The molecule has 1 aromatic carbocycles. The number of nitrogens with zero attached hydrogens (tertiary/aromatic N) is 3. The summed E-state index contributed by atoms with van der Waals surface area (Å²) in [5, 5.41) is 3.44. The second-order valence-corrected chi connectivity index (χ2v) is 4.74. The van der Waals surface area contributed by atoms with Crippen LogP contribution in [0.3, 0.4) is 0 Å². The highest BCUT2D eigenvalue weighted by atomic mass is 35.5. The van der Waals surface area contributed by atoms with Crippen molar-refractivity contribution in [1.29, 1.82) is 0 Å². The molecule has 7 heteroatoms. The van der Waals surface area contributed by atoms with Gasteiger partial charge in [0.25, 0.3) is 0 Å². The smallest absolute Gasteiger partial charge is 0.182 e. The van der Waals surface area contributed by atoms with Crippen molar-refractivity contribution < 1.29 is 4.39 Å². The summed E-state index contributed by atoms with van der Waals surface area (Å²) in [6.07, 6.45) is 2.93. The summed E-state index contributed by atoms with van der Waals surface area (Å²) in [6, 6.07) is 3.34. The molecule has 0 radical (unpaired) electrons. The number of hydrogen-bond acceptors (Lipinski definition) is 4. The number of aryl methyl sites for hydroxylation is 1. The van der Waals surface area contributed by atoms with Gasteiger partial charge in [-0.05, 0) is 18.6 Å². The molecule has 0 aliphatic heterocycles. The van der Waals surface area contributed by atoms with E-state index >= 15 is 0 Å². The zero-order chi connectivity index (χ0) is 14.1. The Hall–Kier alpha value is -2.21. The maximum atomic E-state index is 14.0. The fourth-order valence-electron chi connectivity index (χ4n) is 1.95. The molecule has 20 heavy (non-hydrogen) atoms. The van der Waals surface area contributed by atoms with Crippen LogP contribution < -0.4 is 5.32 Å². The van der Waals surface area contributed by atoms with Gasteiger partial charge in [0.15, 0.2) is 11.5 Å². The molecule has 0 saturated carbocycles. The van der Waals surface area contributed by atoms with Crippen molar-refractivity contribution in [2.75, 3.05) is 5.32 Å². The Labute approximate surface area is 119 Å². The summed E-state index contributed by atoms with van der Waals surface area (Å²) in [5.41, 5.74) is 2.20. The molecule has 0 unspecified atom stereocenters. The molecule has 3 aromatic rings. The van der Waals surface area contributed by atoms with E-state index in [-0.39, 0.29) is 12.4 Å². The van der Waals surface area contributed by atoms with Gasteiger partial charge in [-0.15, -0.1) is 0 Å². The standard InChI is InChI=1S/C13H11ClFN5/c1-7-2-3-9(14)8(10(7)15)4-16-12-11-13(18-5-17-11)20-6-19-12/h2-3,5-6H,4H2,1H3,(H2,16,17,18,19,20). The van der Waals surface area contributed by atoms with Gasteiger partial charge < -0.3 is 10.3 Å². The van der Waals surface area contributed by atoms with Crippen LogP contribution in [0.5, 0.6) is 0 Å². The summed E-state index contributed by atoms with van der Waals surface area (Å²) in [5.74, 6) is 0.254. The summed E-state index contributed by atoms with van der Waals surface area (Å²) in [7, 11) is 0. The molecule has 102 valence electrons. The summed E-state index contributed by atoms with van der Waals surface area (Å²) >= 11 is 6.03. The van der Waals surface area contributed by atoms with E-state index in [2.05, 4.69) is 25.3 Å². The average Bonchev–Trinajstić information content (AvgIpc) is 2.92. The minimum absolute atomic E-state index is 0.234. The van der Waals surface area contributed by atoms with Gasteiger partial charge >= 0.3 is 0 Å². The van der Waals surface area contributed by atoms with Crippen LogP contribution in [0.2, 0.25) is 5.02 Å². The number of fused-ring (bicyclic) bond motifs is 1. The van der Waals surface area contributed by atoms with Crippen molar-refractivity contribution in [2.24, 2.45) is 0 Å². The lowest BCUT2D eigenvalue weighted by Gasteiger charge is -2.10. The molecule has 0 spiro atoms. The summed E-state index contributed by atoms with van der Waals surface area (Å²) in [6.45, 7) is 1.93. The monoisotopic (exact) mass is 291 g/mol. The van der Waals surface area contributed by atoms with Gasteiger partial charge in [0.2, 0.25) is 0 Å². The first kappa shape index (κ1) is 12.8. The largest absolute Gasteiger partial charge is 0.364 e. The lowest BCUT2D eigenvalue weighted by Crippen LogP contribution is -2.06. The van der Waals surface area contributed by atoms with Crippen molar-refractivity contribution in [3.8, 4) is 0 Å². The van der Waals surface area contributed by atoms with E-state index in [0.29, 0.717) is 33.1 Å². The molecule has 0 aliphatic carbocycles. The third-order valence-electron chi connectivity index (χ3n) is 3.03. The maximum absolute atomic E-state index is 14.0. The predicted octanol–water partition coefficient (Wildman–Crippen LogP) is 3.07. The number of rotatable bonds is 3. The Bertz CT molecular complexity index is 771. The highest BCUT2D eigenvalue weighted by Crippen LogP contribution is 2.23. The van der Waals surface area contributed by atoms with Crippen LogP contribution in [0.4, 0.5) is 10.2 Å². The normalized spacial score (nSPS) is 10.9. The zero-order valence-electron chi connectivity index (χ0n) is 10.6. The molecule has 5 nitrogen and oxygen atoms in total. The van der Waals surface area contributed by atoms with Gasteiger partial charge in [-0.2, -0.15) is 0 Å². The highest BCUT2D eigenvalue weighted by molar-refractivity contribution is 6.31. The lowest BCUT2D eigenvalue weighted by atomic mass is 10.1. The Kier molecular flexibility index (Phi) is 3.23. The second-order valence-electron chi connectivity index (χ2n) is 4.33. The number of halogens is 2. The molecule has 2 N–H and O–H groups in total.